The minimum absolute atomic E-state index is 0.266. The minimum atomic E-state index is -0.266. The van der Waals surface area contributed by atoms with E-state index < -0.39 is 0 Å². The number of hydrogen-bond donors (Lipinski definition) is 1. The summed E-state index contributed by atoms with van der Waals surface area (Å²) in [5.41, 5.74) is 7.90. The molecule has 0 unspecified atom stereocenters. The molecule has 98 valence electrons. The van der Waals surface area contributed by atoms with Gasteiger partial charge < -0.3 is 10.3 Å². The molecule has 0 aliphatic rings. The Morgan fingerprint density at radius 2 is 2.06 bits per heavy atom. The molecule has 0 radical (unpaired) electrons. The van der Waals surface area contributed by atoms with Crippen molar-refractivity contribution in [3.05, 3.63) is 29.0 Å². The molecule has 0 bridgehead atoms. The van der Waals surface area contributed by atoms with Crippen LogP contribution in [0.3, 0.4) is 0 Å². The molecular weight excluding hydrogens is 246 g/mol. The molecular formula is C14H20ClN3. The fraction of sp³-hybridized carbons (Fsp3) is 0.500. The van der Waals surface area contributed by atoms with E-state index in [1.807, 2.05) is 32.0 Å². The zero-order valence-electron chi connectivity index (χ0n) is 11.4. The predicted octanol–water partition coefficient (Wildman–Crippen LogP) is 3.55. The van der Waals surface area contributed by atoms with Crippen LogP contribution in [0.15, 0.2) is 18.2 Å². The van der Waals surface area contributed by atoms with Gasteiger partial charge in [0, 0.05) is 23.0 Å². The number of halogens is 1. The highest BCUT2D eigenvalue weighted by Crippen LogP contribution is 2.25. The molecule has 0 spiro atoms. The van der Waals surface area contributed by atoms with Crippen molar-refractivity contribution < 1.29 is 0 Å². The molecule has 0 aliphatic carbocycles. The molecule has 4 heteroatoms. The monoisotopic (exact) mass is 265 g/mol. The van der Waals surface area contributed by atoms with Gasteiger partial charge >= 0.3 is 0 Å². The summed E-state index contributed by atoms with van der Waals surface area (Å²) in [5, 5.41) is 0.739. The van der Waals surface area contributed by atoms with Crippen LogP contribution in [0, 0.1) is 0 Å². The summed E-state index contributed by atoms with van der Waals surface area (Å²) in [6.07, 6.45) is 0.747. The van der Waals surface area contributed by atoms with Crippen LogP contribution in [0.4, 0.5) is 0 Å². The third kappa shape index (κ3) is 2.68. The fourth-order valence-corrected chi connectivity index (χ4v) is 2.39. The molecule has 1 aromatic carbocycles. The Morgan fingerprint density at radius 3 is 2.61 bits per heavy atom. The molecule has 2 aromatic rings. The summed E-state index contributed by atoms with van der Waals surface area (Å²) >= 11 is 6.07. The largest absolute Gasteiger partial charge is 0.325 e. The van der Waals surface area contributed by atoms with Gasteiger partial charge in [-0.05, 0) is 45.9 Å². The van der Waals surface area contributed by atoms with E-state index in [0.717, 1.165) is 28.3 Å². The van der Waals surface area contributed by atoms with Gasteiger partial charge in [-0.25, -0.2) is 4.98 Å². The lowest BCUT2D eigenvalue weighted by atomic mass is 10.0. The number of imidazole rings is 1. The fourth-order valence-electron chi connectivity index (χ4n) is 2.22. The number of aromatic nitrogens is 2. The Kier molecular flexibility index (Phi) is 3.39. The summed E-state index contributed by atoms with van der Waals surface area (Å²) < 4.78 is 2.22. The molecule has 1 heterocycles. The first kappa shape index (κ1) is 13.4. The first-order valence-electron chi connectivity index (χ1n) is 6.23. The van der Waals surface area contributed by atoms with E-state index >= 15 is 0 Å². The van der Waals surface area contributed by atoms with E-state index in [-0.39, 0.29) is 5.54 Å². The van der Waals surface area contributed by atoms with E-state index in [1.54, 1.807) is 0 Å². The van der Waals surface area contributed by atoms with Crippen molar-refractivity contribution in [2.75, 3.05) is 0 Å². The van der Waals surface area contributed by atoms with E-state index in [0.29, 0.717) is 6.04 Å². The molecule has 0 saturated carbocycles. The summed E-state index contributed by atoms with van der Waals surface area (Å²) in [5.74, 6) is 1.02. The molecule has 0 aliphatic heterocycles. The number of nitrogens with zero attached hydrogens (tertiary/aromatic N) is 2. The van der Waals surface area contributed by atoms with Crippen molar-refractivity contribution in [3.63, 3.8) is 0 Å². The third-order valence-electron chi connectivity index (χ3n) is 2.85. The molecule has 3 nitrogen and oxygen atoms in total. The van der Waals surface area contributed by atoms with Crippen molar-refractivity contribution in [1.82, 2.24) is 9.55 Å². The maximum absolute atomic E-state index is 6.11. The highest BCUT2D eigenvalue weighted by molar-refractivity contribution is 6.31. The SMILES string of the molecule is CC(C)n1c(CC(C)(C)N)nc2ccc(Cl)cc21. The molecule has 2 rings (SSSR count). The molecule has 2 N–H and O–H groups in total. The van der Waals surface area contributed by atoms with Gasteiger partial charge in [0.25, 0.3) is 0 Å². The van der Waals surface area contributed by atoms with Crippen LogP contribution in [0.1, 0.15) is 39.6 Å². The second-order valence-electron chi connectivity index (χ2n) is 5.79. The molecule has 1 aromatic heterocycles. The molecule has 0 saturated heterocycles. The van der Waals surface area contributed by atoms with E-state index in [4.69, 9.17) is 17.3 Å². The van der Waals surface area contributed by atoms with Gasteiger partial charge in [-0.15, -0.1) is 0 Å². The third-order valence-corrected chi connectivity index (χ3v) is 3.09. The number of rotatable bonds is 3. The quantitative estimate of drug-likeness (QED) is 0.922. The van der Waals surface area contributed by atoms with Crippen molar-refractivity contribution in [2.45, 2.75) is 45.7 Å². The number of fused-ring (bicyclic) bond motifs is 1. The zero-order chi connectivity index (χ0) is 13.5. The average Bonchev–Trinajstić information content (AvgIpc) is 2.51. The van der Waals surface area contributed by atoms with Crippen LogP contribution < -0.4 is 5.73 Å². The Balaban J connectivity index is 2.62. The van der Waals surface area contributed by atoms with Gasteiger partial charge in [0.05, 0.1) is 11.0 Å². The van der Waals surface area contributed by atoms with Crippen LogP contribution in [0.2, 0.25) is 5.02 Å². The minimum Gasteiger partial charge on any atom is -0.325 e. The normalized spacial score (nSPS) is 12.6. The van der Waals surface area contributed by atoms with Crippen LogP contribution in [0.25, 0.3) is 11.0 Å². The Labute approximate surface area is 113 Å². The van der Waals surface area contributed by atoms with Crippen molar-refractivity contribution in [3.8, 4) is 0 Å². The molecule has 0 atom stereocenters. The summed E-state index contributed by atoms with van der Waals surface area (Å²) in [6.45, 7) is 8.33. The van der Waals surface area contributed by atoms with Crippen molar-refractivity contribution in [2.24, 2.45) is 5.73 Å². The second-order valence-corrected chi connectivity index (χ2v) is 6.23. The zero-order valence-corrected chi connectivity index (χ0v) is 12.1. The number of nitrogens with two attached hydrogens (primary N) is 1. The summed E-state index contributed by atoms with van der Waals surface area (Å²) in [4.78, 5) is 4.68. The maximum Gasteiger partial charge on any atom is 0.111 e. The molecule has 0 amide bonds. The highest BCUT2D eigenvalue weighted by atomic mass is 35.5. The van der Waals surface area contributed by atoms with Crippen LogP contribution >= 0.6 is 11.6 Å². The Bertz CT molecular complexity index is 564. The lowest BCUT2D eigenvalue weighted by Gasteiger charge is -2.20. The van der Waals surface area contributed by atoms with E-state index in [1.165, 1.54) is 0 Å². The smallest absolute Gasteiger partial charge is 0.111 e. The number of hydrogen-bond acceptors (Lipinski definition) is 2. The maximum atomic E-state index is 6.11. The van der Waals surface area contributed by atoms with Crippen molar-refractivity contribution in [1.29, 1.82) is 0 Å². The van der Waals surface area contributed by atoms with Crippen molar-refractivity contribution >= 4 is 22.6 Å². The van der Waals surface area contributed by atoms with Gasteiger partial charge in [-0.1, -0.05) is 11.6 Å². The lowest BCUT2D eigenvalue weighted by Crippen LogP contribution is -2.35. The van der Waals surface area contributed by atoms with Crippen LogP contribution in [0.5, 0.6) is 0 Å². The summed E-state index contributed by atoms with van der Waals surface area (Å²) in [7, 11) is 0. The molecule has 0 fully saturated rings. The van der Waals surface area contributed by atoms with Gasteiger partial charge in [0.15, 0.2) is 0 Å². The van der Waals surface area contributed by atoms with Crippen LogP contribution in [-0.4, -0.2) is 15.1 Å². The number of benzene rings is 1. The van der Waals surface area contributed by atoms with Gasteiger partial charge in [-0.2, -0.15) is 0 Å². The predicted molar refractivity (Wildman–Crippen MR) is 77.1 cm³/mol. The van der Waals surface area contributed by atoms with Gasteiger partial charge in [0.2, 0.25) is 0 Å². The summed E-state index contributed by atoms with van der Waals surface area (Å²) in [6, 6.07) is 6.14. The highest BCUT2D eigenvalue weighted by Gasteiger charge is 2.19. The second kappa shape index (κ2) is 4.56. The molecule has 18 heavy (non-hydrogen) atoms. The Morgan fingerprint density at radius 1 is 1.39 bits per heavy atom. The topological polar surface area (TPSA) is 43.8 Å². The first-order valence-corrected chi connectivity index (χ1v) is 6.61. The van der Waals surface area contributed by atoms with E-state index in [9.17, 15) is 0 Å². The van der Waals surface area contributed by atoms with E-state index in [2.05, 4.69) is 23.4 Å². The van der Waals surface area contributed by atoms with Gasteiger partial charge in [0.1, 0.15) is 5.82 Å². The average molecular weight is 266 g/mol. The Hall–Kier alpha value is -1.06. The van der Waals surface area contributed by atoms with Gasteiger partial charge in [-0.3, -0.25) is 0 Å². The standard InChI is InChI=1S/C14H20ClN3/c1-9(2)18-12-7-10(15)5-6-11(12)17-13(18)8-14(3,4)16/h5-7,9H,8,16H2,1-4H3. The van der Waals surface area contributed by atoms with Crippen LogP contribution in [-0.2, 0) is 6.42 Å². The lowest BCUT2D eigenvalue weighted by molar-refractivity contribution is 0.475. The first-order chi connectivity index (χ1) is 8.28.